The van der Waals surface area contributed by atoms with Crippen LogP contribution in [0.5, 0.6) is 0 Å². The molecule has 0 unspecified atom stereocenters. The van der Waals surface area contributed by atoms with Gasteiger partial charge in [-0.1, -0.05) is 48.5 Å². The minimum atomic E-state index is -3.83. The summed E-state index contributed by atoms with van der Waals surface area (Å²) in [7, 11) is -7.61. The average molecular weight is 493 g/mol. The fraction of sp³-hybridized carbons (Fsp3) is 0.409. The Morgan fingerprint density at radius 3 is 1.97 bits per heavy atom. The molecule has 178 valence electrons. The van der Waals surface area contributed by atoms with Crippen LogP contribution in [0.2, 0.25) is 0 Å². The number of benzene rings is 2. The van der Waals surface area contributed by atoms with Crippen molar-refractivity contribution in [1.82, 2.24) is 13.5 Å². The maximum atomic E-state index is 13.6. The summed E-state index contributed by atoms with van der Waals surface area (Å²) in [5.41, 5.74) is 0.893. The molecule has 0 radical (unpaired) electrons. The lowest BCUT2D eigenvalue weighted by Crippen LogP contribution is -2.55. The molecule has 2 atom stereocenters. The highest BCUT2D eigenvalue weighted by Crippen LogP contribution is 2.38. The molecule has 9 nitrogen and oxygen atoms in total. The van der Waals surface area contributed by atoms with Gasteiger partial charge >= 0.3 is 0 Å². The van der Waals surface area contributed by atoms with Gasteiger partial charge in [0.2, 0.25) is 15.9 Å². The Balaban J connectivity index is 1.57. The second kappa shape index (κ2) is 9.51. The third-order valence-corrected chi connectivity index (χ3v) is 9.30. The number of piperidine rings is 1. The summed E-state index contributed by atoms with van der Waals surface area (Å²) in [6.45, 7) is 0.815. The molecule has 2 aliphatic rings. The first-order chi connectivity index (χ1) is 15.7. The average Bonchev–Trinajstić information content (AvgIpc) is 2.84. The van der Waals surface area contributed by atoms with E-state index in [0.717, 1.165) is 9.87 Å². The number of carbonyl (C=O) groups excluding carboxylic acids is 1. The van der Waals surface area contributed by atoms with Gasteiger partial charge in [-0.2, -0.15) is 17.0 Å². The minimum Gasteiger partial charge on any atom is -0.340 e. The highest BCUT2D eigenvalue weighted by atomic mass is 32.2. The van der Waals surface area contributed by atoms with Crippen molar-refractivity contribution in [3.05, 3.63) is 66.2 Å². The summed E-state index contributed by atoms with van der Waals surface area (Å²) < 4.78 is 52.9. The third kappa shape index (κ3) is 5.12. The molecule has 2 aliphatic heterocycles. The van der Waals surface area contributed by atoms with Crippen LogP contribution in [0.15, 0.2) is 65.6 Å². The number of piperazine rings is 1. The molecule has 2 saturated heterocycles. The van der Waals surface area contributed by atoms with Crippen molar-refractivity contribution in [1.29, 1.82) is 0 Å². The van der Waals surface area contributed by atoms with Crippen LogP contribution >= 0.6 is 0 Å². The maximum Gasteiger partial charge on any atom is 0.277 e. The van der Waals surface area contributed by atoms with Crippen LogP contribution in [-0.2, 0) is 25.0 Å². The molecule has 0 saturated carbocycles. The van der Waals surface area contributed by atoms with Crippen molar-refractivity contribution >= 4 is 26.1 Å². The van der Waals surface area contributed by atoms with E-state index in [4.69, 9.17) is 5.14 Å². The van der Waals surface area contributed by atoms with Crippen LogP contribution in [0.25, 0.3) is 0 Å². The molecule has 1 amide bonds. The van der Waals surface area contributed by atoms with Crippen LogP contribution in [-0.4, -0.2) is 69.0 Å². The quantitative estimate of drug-likeness (QED) is 0.672. The summed E-state index contributed by atoms with van der Waals surface area (Å²) in [6.07, 6.45) is 1.07. The maximum absolute atomic E-state index is 13.6. The van der Waals surface area contributed by atoms with E-state index in [2.05, 4.69) is 0 Å². The third-order valence-electron chi connectivity index (χ3n) is 6.33. The van der Waals surface area contributed by atoms with E-state index in [0.29, 0.717) is 12.8 Å². The smallest absolute Gasteiger partial charge is 0.277 e. The number of amides is 1. The number of nitrogens with two attached hydrogens (primary N) is 1. The number of hydrogen-bond donors (Lipinski definition) is 1. The number of rotatable bonds is 5. The first kappa shape index (κ1) is 23.8. The Bertz CT molecular complexity index is 1180. The van der Waals surface area contributed by atoms with Gasteiger partial charge in [0, 0.05) is 32.7 Å². The van der Waals surface area contributed by atoms with E-state index in [1.807, 2.05) is 30.3 Å². The van der Waals surface area contributed by atoms with E-state index in [1.54, 1.807) is 35.2 Å². The molecular weight excluding hydrogens is 464 g/mol. The van der Waals surface area contributed by atoms with Gasteiger partial charge in [-0.15, -0.1) is 0 Å². The fourth-order valence-electron chi connectivity index (χ4n) is 4.56. The number of nitrogens with zero attached hydrogens (tertiary/aromatic N) is 3. The normalized spacial score (nSPS) is 23.4. The van der Waals surface area contributed by atoms with Crippen molar-refractivity contribution < 1.29 is 21.6 Å². The van der Waals surface area contributed by atoms with Crippen LogP contribution in [0.1, 0.15) is 24.4 Å². The number of carbonyl (C=O) groups is 1. The Morgan fingerprint density at radius 2 is 1.39 bits per heavy atom. The highest BCUT2D eigenvalue weighted by Gasteiger charge is 2.41. The van der Waals surface area contributed by atoms with Gasteiger partial charge in [0.15, 0.2) is 0 Å². The molecule has 0 spiro atoms. The molecule has 0 bridgehead atoms. The largest absolute Gasteiger partial charge is 0.340 e. The molecule has 33 heavy (non-hydrogen) atoms. The lowest BCUT2D eigenvalue weighted by atomic mass is 9.90. The monoisotopic (exact) mass is 492 g/mol. The van der Waals surface area contributed by atoms with Crippen molar-refractivity contribution in [3.8, 4) is 0 Å². The van der Waals surface area contributed by atoms with Gasteiger partial charge < -0.3 is 4.90 Å². The lowest BCUT2D eigenvalue weighted by Gasteiger charge is -2.41. The van der Waals surface area contributed by atoms with Gasteiger partial charge in [-0.25, -0.2) is 13.6 Å². The zero-order valence-corrected chi connectivity index (χ0v) is 19.8. The summed E-state index contributed by atoms with van der Waals surface area (Å²) in [6, 6.07) is 17.4. The topological polar surface area (TPSA) is 121 Å². The molecule has 0 aromatic heterocycles. The van der Waals surface area contributed by atoms with Crippen LogP contribution in [0.4, 0.5) is 0 Å². The van der Waals surface area contributed by atoms with Gasteiger partial charge in [0.1, 0.15) is 0 Å². The summed E-state index contributed by atoms with van der Waals surface area (Å²) >= 11 is 0. The van der Waals surface area contributed by atoms with Crippen molar-refractivity contribution in [3.63, 3.8) is 0 Å². The van der Waals surface area contributed by atoms with E-state index >= 15 is 0 Å². The van der Waals surface area contributed by atoms with Crippen molar-refractivity contribution in [2.24, 2.45) is 11.1 Å². The zero-order valence-electron chi connectivity index (χ0n) is 18.2. The van der Waals surface area contributed by atoms with Gasteiger partial charge in [-0.05, 0) is 30.5 Å². The second-order valence-electron chi connectivity index (χ2n) is 8.36. The molecule has 0 aliphatic carbocycles. The molecule has 4 rings (SSSR count). The van der Waals surface area contributed by atoms with Crippen molar-refractivity contribution in [2.45, 2.75) is 23.8 Å². The number of sulfonamides is 1. The van der Waals surface area contributed by atoms with Crippen LogP contribution in [0.3, 0.4) is 0 Å². The highest BCUT2D eigenvalue weighted by molar-refractivity contribution is 7.89. The molecule has 2 heterocycles. The predicted molar refractivity (Wildman–Crippen MR) is 124 cm³/mol. The Hall–Kier alpha value is -2.31. The van der Waals surface area contributed by atoms with Gasteiger partial charge in [-0.3, -0.25) is 4.79 Å². The fourth-order valence-corrected chi connectivity index (χ4v) is 6.95. The zero-order chi connectivity index (χ0) is 23.6. The predicted octanol–water partition coefficient (Wildman–Crippen LogP) is 1.18. The lowest BCUT2D eigenvalue weighted by molar-refractivity contribution is -0.138. The summed E-state index contributed by atoms with van der Waals surface area (Å²) in [5, 5.41) is 5.19. The van der Waals surface area contributed by atoms with Crippen molar-refractivity contribution in [2.75, 3.05) is 32.7 Å². The SMILES string of the molecule is NS(=O)(=O)N1CCN(C(=O)[C@@H]2CC[C@H](c3ccccc3)N(S(=O)(=O)c3ccccc3)C2)CC1. The standard InChI is InChI=1S/C22H28N4O5S2/c23-33(30,31)25-15-13-24(14-16-25)22(27)19-11-12-21(18-7-3-1-4-8-18)26(17-19)32(28,29)20-9-5-2-6-10-20/h1-10,19,21H,11-17H2,(H2,23,30,31)/t19-,21-/m1/s1. The minimum absolute atomic E-state index is 0.0744. The summed E-state index contributed by atoms with van der Waals surface area (Å²) in [5.74, 6) is -0.645. The Kier molecular flexibility index (Phi) is 6.87. The first-order valence-electron chi connectivity index (χ1n) is 10.9. The second-order valence-corrected chi connectivity index (χ2v) is 11.8. The Labute approximate surface area is 195 Å². The molecule has 2 N–H and O–H groups in total. The van der Waals surface area contributed by atoms with E-state index in [1.165, 1.54) is 4.31 Å². The summed E-state index contributed by atoms with van der Waals surface area (Å²) in [4.78, 5) is 15.1. The molecule has 2 fully saturated rings. The first-order valence-corrected chi connectivity index (χ1v) is 13.8. The molecular formula is C22H28N4O5S2. The van der Waals surface area contributed by atoms with Gasteiger partial charge in [0.05, 0.1) is 16.9 Å². The van der Waals surface area contributed by atoms with E-state index in [9.17, 15) is 21.6 Å². The molecule has 2 aromatic rings. The van der Waals surface area contributed by atoms with Crippen LogP contribution in [0, 0.1) is 5.92 Å². The van der Waals surface area contributed by atoms with E-state index < -0.39 is 26.2 Å². The van der Waals surface area contributed by atoms with Crippen LogP contribution < -0.4 is 5.14 Å². The molecule has 11 heteroatoms. The Morgan fingerprint density at radius 1 is 0.818 bits per heavy atom. The molecule has 2 aromatic carbocycles. The number of hydrogen-bond acceptors (Lipinski definition) is 5. The van der Waals surface area contributed by atoms with E-state index in [-0.39, 0.29) is 49.6 Å². The van der Waals surface area contributed by atoms with Gasteiger partial charge in [0.25, 0.3) is 10.2 Å².